The minimum absolute atomic E-state index is 0.244. The fraction of sp³-hybridized carbons (Fsp3) is 0.120. The number of nitrogens with one attached hydrogen (secondary N) is 2. The molecule has 4 aromatic rings. The van der Waals surface area contributed by atoms with Crippen LogP contribution in [0.15, 0.2) is 89.9 Å². The predicted molar refractivity (Wildman–Crippen MR) is 121 cm³/mol. The van der Waals surface area contributed by atoms with Gasteiger partial charge in [-0.25, -0.2) is 4.79 Å². The quantitative estimate of drug-likeness (QED) is 0.522. The number of pyridine rings is 1. The van der Waals surface area contributed by atoms with Gasteiger partial charge in [-0.15, -0.1) is 0 Å². The zero-order chi connectivity index (χ0) is 21.1. The average Bonchev–Trinajstić information content (AvgIpc) is 2.78. The molecule has 0 aliphatic carbocycles. The van der Waals surface area contributed by atoms with E-state index in [2.05, 4.69) is 28.8 Å². The van der Waals surface area contributed by atoms with Crippen LogP contribution in [0.4, 0.5) is 10.5 Å². The number of carbonyl (C=O) groups excluding carboxylic acids is 1. The summed E-state index contributed by atoms with van der Waals surface area (Å²) in [5, 5.41) is 7.99. The summed E-state index contributed by atoms with van der Waals surface area (Å²) in [5.74, 6) is 0. The predicted octanol–water partition coefficient (Wildman–Crippen LogP) is 4.76. The lowest BCUT2D eigenvalue weighted by molar-refractivity contribution is 0.250. The third-order valence-electron chi connectivity index (χ3n) is 5.26. The minimum atomic E-state index is -0.428. The Morgan fingerprint density at radius 3 is 2.40 bits per heavy atom. The maximum absolute atomic E-state index is 13.0. The molecule has 0 unspecified atom stereocenters. The number of hydrogen-bond donors (Lipinski definition) is 2. The van der Waals surface area contributed by atoms with Crippen LogP contribution in [0.2, 0.25) is 0 Å². The van der Waals surface area contributed by atoms with Crippen LogP contribution < -0.4 is 16.2 Å². The van der Waals surface area contributed by atoms with Crippen molar-refractivity contribution in [2.75, 3.05) is 5.32 Å². The fourth-order valence-corrected chi connectivity index (χ4v) is 3.64. The number of aromatic nitrogens is 1. The molecule has 0 fully saturated rings. The second-order valence-electron chi connectivity index (χ2n) is 7.30. The summed E-state index contributed by atoms with van der Waals surface area (Å²) in [5.41, 5.74) is 2.71. The Morgan fingerprint density at radius 1 is 0.900 bits per heavy atom. The van der Waals surface area contributed by atoms with Crippen LogP contribution in [-0.2, 0) is 7.05 Å². The van der Waals surface area contributed by atoms with Crippen molar-refractivity contribution >= 4 is 22.5 Å². The molecule has 0 saturated carbocycles. The summed E-state index contributed by atoms with van der Waals surface area (Å²) in [6.45, 7) is 1.80. The van der Waals surface area contributed by atoms with Crippen LogP contribution in [0.1, 0.15) is 22.7 Å². The highest BCUT2D eigenvalue weighted by Gasteiger charge is 2.20. The van der Waals surface area contributed by atoms with Crippen LogP contribution in [0.5, 0.6) is 0 Å². The summed E-state index contributed by atoms with van der Waals surface area (Å²) in [6, 6.07) is 25.0. The normalized spacial score (nSPS) is 11.8. The second kappa shape index (κ2) is 8.25. The number of hydrogen-bond acceptors (Lipinski definition) is 2. The SMILES string of the molecule is Cc1ccn(C)c(=O)c1NC(=O)N[C@@H](c1ccccc1)c1cccc2ccccc12. The zero-order valence-corrected chi connectivity index (χ0v) is 16.9. The number of aryl methyl sites for hydroxylation is 2. The molecule has 1 atom stereocenters. The van der Waals surface area contributed by atoms with Gasteiger partial charge < -0.3 is 15.2 Å². The lowest BCUT2D eigenvalue weighted by Crippen LogP contribution is -2.36. The van der Waals surface area contributed by atoms with E-state index >= 15 is 0 Å². The molecule has 5 nitrogen and oxygen atoms in total. The first-order valence-corrected chi connectivity index (χ1v) is 9.81. The summed E-state index contributed by atoms with van der Waals surface area (Å²) >= 11 is 0. The molecule has 4 rings (SSSR count). The van der Waals surface area contributed by atoms with E-state index < -0.39 is 6.03 Å². The zero-order valence-electron chi connectivity index (χ0n) is 16.9. The summed E-state index contributed by atoms with van der Waals surface area (Å²) in [7, 11) is 1.66. The van der Waals surface area contributed by atoms with Crippen molar-refractivity contribution in [3.8, 4) is 0 Å². The van der Waals surface area contributed by atoms with Gasteiger partial charge in [0.1, 0.15) is 5.69 Å². The van der Waals surface area contributed by atoms with E-state index in [0.717, 1.165) is 27.5 Å². The molecule has 150 valence electrons. The Morgan fingerprint density at radius 2 is 1.60 bits per heavy atom. The fourth-order valence-electron chi connectivity index (χ4n) is 3.64. The number of rotatable bonds is 4. The van der Waals surface area contributed by atoms with Crippen molar-refractivity contribution in [3.05, 3.63) is 112 Å². The van der Waals surface area contributed by atoms with E-state index in [-0.39, 0.29) is 17.3 Å². The maximum atomic E-state index is 13.0. The van der Waals surface area contributed by atoms with E-state index in [0.29, 0.717) is 0 Å². The van der Waals surface area contributed by atoms with Crippen molar-refractivity contribution in [1.29, 1.82) is 0 Å². The molecule has 0 bridgehead atoms. The van der Waals surface area contributed by atoms with Crippen molar-refractivity contribution in [3.63, 3.8) is 0 Å². The van der Waals surface area contributed by atoms with Gasteiger partial charge in [0.05, 0.1) is 6.04 Å². The van der Waals surface area contributed by atoms with Crippen molar-refractivity contribution in [2.24, 2.45) is 7.05 Å². The molecule has 2 N–H and O–H groups in total. The molecule has 0 radical (unpaired) electrons. The smallest absolute Gasteiger partial charge is 0.320 e. The molecule has 1 aromatic heterocycles. The highest BCUT2D eigenvalue weighted by Crippen LogP contribution is 2.29. The van der Waals surface area contributed by atoms with Gasteiger partial charge in [0, 0.05) is 13.2 Å². The number of urea groups is 1. The van der Waals surface area contributed by atoms with Gasteiger partial charge in [0.25, 0.3) is 5.56 Å². The largest absolute Gasteiger partial charge is 0.327 e. The molecule has 0 saturated heterocycles. The molecule has 30 heavy (non-hydrogen) atoms. The van der Waals surface area contributed by atoms with Gasteiger partial charge in [-0.2, -0.15) is 0 Å². The van der Waals surface area contributed by atoms with Gasteiger partial charge in [-0.05, 0) is 40.5 Å². The van der Waals surface area contributed by atoms with Crippen molar-refractivity contribution in [1.82, 2.24) is 9.88 Å². The molecule has 0 spiro atoms. The van der Waals surface area contributed by atoms with Crippen LogP contribution in [0.3, 0.4) is 0 Å². The second-order valence-corrected chi connectivity index (χ2v) is 7.30. The highest BCUT2D eigenvalue weighted by molar-refractivity contribution is 5.92. The Bertz CT molecular complexity index is 1260. The Labute approximate surface area is 175 Å². The van der Waals surface area contributed by atoms with Crippen LogP contribution >= 0.6 is 0 Å². The lowest BCUT2D eigenvalue weighted by atomic mass is 9.94. The van der Waals surface area contributed by atoms with Crippen LogP contribution in [0, 0.1) is 6.92 Å². The van der Waals surface area contributed by atoms with Gasteiger partial charge in [0.15, 0.2) is 0 Å². The molecule has 2 amide bonds. The number of carbonyl (C=O) groups is 1. The van der Waals surface area contributed by atoms with Gasteiger partial charge in [-0.1, -0.05) is 72.8 Å². The molecule has 0 aliphatic heterocycles. The number of amides is 2. The topological polar surface area (TPSA) is 63.1 Å². The summed E-state index contributed by atoms with van der Waals surface area (Å²) in [4.78, 5) is 25.4. The molecule has 0 aliphatic rings. The molecular weight excluding hydrogens is 374 g/mol. The molecule has 3 aromatic carbocycles. The standard InChI is InChI=1S/C25H23N3O2/c1-17-15-16-28(2)24(29)22(17)26-25(30)27-23(19-10-4-3-5-11-19)21-14-8-12-18-9-6-7-13-20(18)21/h3-16,23H,1-2H3,(H2,26,27,30)/t23-/m0/s1. The first-order valence-electron chi connectivity index (χ1n) is 9.81. The van der Waals surface area contributed by atoms with Crippen LogP contribution in [0.25, 0.3) is 10.8 Å². The maximum Gasteiger partial charge on any atom is 0.320 e. The summed E-state index contributed by atoms with van der Waals surface area (Å²) < 4.78 is 1.45. The van der Waals surface area contributed by atoms with Gasteiger partial charge >= 0.3 is 6.03 Å². The van der Waals surface area contributed by atoms with Crippen LogP contribution in [-0.4, -0.2) is 10.6 Å². The van der Waals surface area contributed by atoms with E-state index in [1.807, 2.05) is 54.6 Å². The van der Waals surface area contributed by atoms with E-state index in [4.69, 9.17) is 0 Å². The van der Waals surface area contributed by atoms with Gasteiger partial charge in [0.2, 0.25) is 0 Å². The molecule has 1 heterocycles. The first-order chi connectivity index (χ1) is 14.5. The van der Waals surface area contributed by atoms with E-state index in [1.165, 1.54) is 4.57 Å². The number of nitrogens with zero attached hydrogens (tertiary/aromatic N) is 1. The number of anilines is 1. The van der Waals surface area contributed by atoms with Crippen molar-refractivity contribution in [2.45, 2.75) is 13.0 Å². The minimum Gasteiger partial charge on any atom is -0.327 e. The third kappa shape index (κ3) is 3.82. The Kier molecular flexibility index (Phi) is 5.35. The van der Waals surface area contributed by atoms with E-state index in [9.17, 15) is 9.59 Å². The van der Waals surface area contributed by atoms with Crippen molar-refractivity contribution < 1.29 is 4.79 Å². The third-order valence-corrected chi connectivity index (χ3v) is 5.26. The number of fused-ring (bicyclic) bond motifs is 1. The van der Waals surface area contributed by atoms with Gasteiger partial charge in [-0.3, -0.25) is 4.79 Å². The summed E-state index contributed by atoms with van der Waals surface area (Å²) in [6.07, 6.45) is 1.68. The molecule has 5 heteroatoms. The first kappa shape index (κ1) is 19.5. The highest BCUT2D eigenvalue weighted by atomic mass is 16.2. The Balaban J connectivity index is 1.72. The number of benzene rings is 3. The van der Waals surface area contributed by atoms with E-state index in [1.54, 1.807) is 26.2 Å². The lowest BCUT2D eigenvalue weighted by Gasteiger charge is -2.22. The monoisotopic (exact) mass is 397 g/mol. The Hall–Kier alpha value is -3.86. The molecular formula is C25H23N3O2. The average molecular weight is 397 g/mol.